The van der Waals surface area contributed by atoms with E-state index >= 15 is 0 Å². The van der Waals surface area contributed by atoms with Gasteiger partial charge in [0.25, 0.3) is 0 Å². The lowest BCUT2D eigenvalue weighted by atomic mass is 9.98. The predicted molar refractivity (Wildman–Crippen MR) is 73.7 cm³/mol. The molecule has 0 spiro atoms. The van der Waals surface area contributed by atoms with Gasteiger partial charge in [0.05, 0.1) is 21.6 Å². The summed E-state index contributed by atoms with van der Waals surface area (Å²) in [5, 5.41) is 19.8. The van der Waals surface area contributed by atoms with Crippen molar-refractivity contribution in [2.24, 2.45) is 5.73 Å². The smallest absolute Gasteiger partial charge is 0.312 e. The number of nitro benzene ring substituents is 1. The Morgan fingerprint density at radius 3 is 2.84 bits per heavy atom. The van der Waals surface area contributed by atoms with Crippen LogP contribution >= 0.6 is 15.9 Å². The van der Waals surface area contributed by atoms with E-state index in [1.54, 1.807) is 26.0 Å². The summed E-state index contributed by atoms with van der Waals surface area (Å²) in [6, 6.07) is 6.53. The van der Waals surface area contributed by atoms with Gasteiger partial charge in [0.15, 0.2) is 0 Å². The van der Waals surface area contributed by atoms with Gasteiger partial charge in [0.2, 0.25) is 5.75 Å². The standard InChI is InChI=1S/C12H14BrN3O3/c1-8(6-12(2,15)7-14)19-11-9(13)4-3-5-10(11)16(17)18/h3-5,8H,6,15H2,1-2H3. The van der Waals surface area contributed by atoms with Crippen molar-refractivity contribution in [2.75, 3.05) is 0 Å². The number of nitrogens with two attached hydrogens (primary N) is 1. The molecule has 0 aliphatic rings. The van der Waals surface area contributed by atoms with Gasteiger partial charge in [0.1, 0.15) is 5.54 Å². The maximum atomic E-state index is 10.9. The fourth-order valence-corrected chi connectivity index (χ4v) is 2.09. The van der Waals surface area contributed by atoms with E-state index in [1.807, 2.05) is 6.07 Å². The molecule has 1 rings (SSSR count). The van der Waals surface area contributed by atoms with Crippen LogP contribution in [0.15, 0.2) is 22.7 Å². The van der Waals surface area contributed by atoms with Gasteiger partial charge in [-0.2, -0.15) is 5.26 Å². The SMILES string of the molecule is CC(CC(C)(N)C#N)Oc1c(Br)cccc1[N+](=O)[O-]. The van der Waals surface area contributed by atoms with Crippen LogP contribution in [-0.4, -0.2) is 16.6 Å². The van der Waals surface area contributed by atoms with Crippen LogP contribution < -0.4 is 10.5 Å². The highest BCUT2D eigenvalue weighted by Gasteiger charge is 2.25. The van der Waals surface area contributed by atoms with E-state index in [2.05, 4.69) is 15.9 Å². The summed E-state index contributed by atoms with van der Waals surface area (Å²) in [5.41, 5.74) is 4.56. The van der Waals surface area contributed by atoms with Crippen molar-refractivity contribution in [2.45, 2.75) is 31.9 Å². The molecule has 19 heavy (non-hydrogen) atoms. The molecule has 6 nitrogen and oxygen atoms in total. The third kappa shape index (κ3) is 4.19. The molecule has 0 amide bonds. The van der Waals surface area contributed by atoms with Gasteiger partial charge in [0, 0.05) is 12.5 Å². The Labute approximate surface area is 119 Å². The molecular formula is C12H14BrN3O3. The normalized spacial score (nSPS) is 15.1. The number of nitro groups is 1. The van der Waals surface area contributed by atoms with Crippen LogP contribution in [0.25, 0.3) is 0 Å². The fraction of sp³-hybridized carbons (Fsp3) is 0.417. The number of hydrogen-bond donors (Lipinski definition) is 1. The third-order valence-corrected chi connectivity index (χ3v) is 3.05. The summed E-state index contributed by atoms with van der Waals surface area (Å²) < 4.78 is 6.05. The second-order valence-corrected chi connectivity index (χ2v) is 5.36. The zero-order chi connectivity index (χ0) is 14.6. The van der Waals surface area contributed by atoms with E-state index in [0.717, 1.165) is 0 Å². The Balaban J connectivity index is 2.94. The summed E-state index contributed by atoms with van der Waals surface area (Å²) in [5.74, 6) is 0.147. The molecule has 0 saturated heterocycles. The second kappa shape index (κ2) is 5.99. The molecule has 0 aromatic heterocycles. The second-order valence-electron chi connectivity index (χ2n) is 4.51. The number of ether oxygens (including phenoxy) is 1. The van der Waals surface area contributed by atoms with Crippen molar-refractivity contribution in [3.63, 3.8) is 0 Å². The van der Waals surface area contributed by atoms with E-state index in [9.17, 15) is 10.1 Å². The zero-order valence-corrected chi connectivity index (χ0v) is 12.2. The first-order chi connectivity index (χ1) is 8.76. The molecule has 1 aromatic rings. The van der Waals surface area contributed by atoms with Crippen molar-refractivity contribution in [1.82, 2.24) is 0 Å². The van der Waals surface area contributed by atoms with Crippen LogP contribution in [0.4, 0.5) is 5.69 Å². The van der Waals surface area contributed by atoms with E-state index < -0.39 is 16.6 Å². The monoisotopic (exact) mass is 327 g/mol. The van der Waals surface area contributed by atoms with E-state index in [1.165, 1.54) is 6.07 Å². The van der Waals surface area contributed by atoms with Crippen LogP contribution in [0.1, 0.15) is 20.3 Å². The molecule has 0 saturated carbocycles. The number of halogens is 1. The number of benzene rings is 1. The third-order valence-electron chi connectivity index (χ3n) is 2.43. The Morgan fingerprint density at radius 2 is 2.32 bits per heavy atom. The first-order valence-corrected chi connectivity index (χ1v) is 6.36. The highest BCUT2D eigenvalue weighted by atomic mass is 79.9. The summed E-state index contributed by atoms with van der Waals surface area (Å²) in [6.07, 6.45) is -0.158. The fourth-order valence-electron chi connectivity index (χ4n) is 1.64. The molecular weight excluding hydrogens is 314 g/mol. The van der Waals surface area contributed by atoms with E-state index in [0.29, 0.717) is 4.47 Å². The Kier molecular flexibility index (Phi) is 4.86. The van der Waals surface area contributed by atoms with E-state index in [4.69, 9.17) is 15.7 Å². The number of para-hydroxylation sites is 1. The number of hydrogen-bond acceptors (Lipinski definition) is 5. The summed E-state index contributed by atoms with van der Waals surface area (Å²) in [6.45, 7) is 3.30. The number of nitriles is 1. The van der Waals surface area contributed by atoms with Gasteiger partial charge < -0.3 is 10.5 Å². The van der Waals surface area contributed by atoms with Crippen LogP contribution in [0.5, 0.6) is 5.75 Å². The van der Waals surface area contributed by atoms with Gasteiger partial charge in [-0.1, -0.05) is 6.07 Å². The topological polar surface area (TPSA) is 102 Å². The molecule has 0 bridgehead atoms. The van der Waals surface area contributed by atoms with Crippen molar-refractivity contribution in [1.29, 1.82) is 5.26 Å². The van der Waals surface area contributed by atoms with Crippen molar-refractivity contribution < 1.29 is 9.66 Å². The quantitative estimate of drug-likeness (QED) is 0.661. The Bertz CT molecular complexity index is 525. The molecule has 7 heteroatoms. The average Bonchev–Trinajstić information content (AvgIpc) is 2.30. The summed E-state index contributed by atoms with van der Waals surface area (Å²) >= 11 is 3.21. The minimum absolute atomic E-state index is 0.128. The molecule has 0 fully saturated rings. The van der Waals surface area contributed by atoms with E-state index in [-0.39, 0.29) is 17.9 Å². The molecule has 2 atom stereocenters. The van der Waals surface area contributed by atoms with Gasteiger partial charge in [-0.25, -0.2) is 0 Å². The van der Waals surface area contributed by atoms with Crippen molar-refractivity contribution in [3.8, 4) is 11.8 Å². The molecule has 0 heterocycles. The minimum Gasteiger partial charge on any atom is -0.483 e. The molecule has 0 aliphatic carbocycles. The first kappa shape index (κ1) is 15.4. The maximum absolute atomic E-state index is 10.9. The van der Waals surface area contributed by atoms with Crippen LogP contribution in [0.3, 0.4) is 0 Å². The highest BCUT2D eigenvalue weighted by molar-refractivity contribution is 9.10. The molecule has 2 unspecified atom stereocenters. The Morgan fingerprint density at radius 1 is 1.68 bits per heavy atom. The highest BCUT2D eigenvalue weighted by Crippen LogP contribution is 2.35. The van der Waals surface area contributed by atoms with Crippen LogP contribution in [0.2, 0.25) is 0 Å². The first-order valence-electron chi connectivity index (χ1n) is 5.56. The molecule has 1 aromatic carbocycles. The largest absolute Gasteiger partial charge is 0.483 e. The van der Waals surface area contributed by atoms with Gasteiger partial charge in [-0.3, -0.25) is 10.1 Å². The molecule has 102 valence electrons. The van der Waals surface area contributed by atoms with Gasteiger partial charge in [-0.05, 0) is 35.8 Å². The molecule has 0 radical (unpaired) electrons. The van der Waals surface area contributed by atoms with Gasteiger partial charge >= 0.3 is 5.69 Å². The van der Waals surface area contributed by atoms with Crippen LogP contribution in [0, 0.1) is 21.4 Å². The minimum atomic E-state index is -1.03. The lowest BCUT2D eigenvalue weighted by Crippen LogP contribution is -2.38. The summed E-state index contributed by atoms with van der Waals surface area (Å²) in [7, 11) is 0. The van der Waals surface area contributed by atoms with Crippen molar-refractivity contribution in [3.05, 3.63) is 32.8 Å². The van der Waals surface area contributed by atoms with Crippen LogP contribution in [-0.2, 0) is 0 Å². The number of rotatable bonds is 5. The van der Waals surface area contributed by atoms with Gasteiger partial charge in [-0.15, -0.1) is 0 Å². The molecule has 0 aliphatic heterocycles. The Hall–Kier alpha value is -1.65. The van der Waals surface area contributed by atoms with Crippen molar-refractivity contribution >= 4 is 21.6 Å². The average molecular weight is 328 g/mol. The lowest BCUT2D eigenvalue weighted by molar-refractivity contribution is -0.386. The summed E-state index contributed by atoms with van der Waals surface area (Å²) in [4.78, 5) is 10.4. The number of nitrogens with zero attached hydrogens (tertiary/aromatic N) is 2. The zero-order valence-electron chi connectivity index (χ0n) is 10.6. The maximum Gasteiger partial charge on any atom is 0.312 e. The molecule has 2 N–H and O–H groups in total. The lowest BCUT2D eigenvalue weighted by Gasteiger charge is -2.22. The predicted octanol–water partition coefficient (Wildman–Crippen LogP) is 2.76.